The van der Waals surface area contributed by atoms with Gasteiger partial charge in [-0.15, -0.1) is 0 Å². The third kappa shape index (κ3) is 4.64. The monoisotopic (exact) mass is 256 g/mol. The molecule has 0 saturated carbocycles. The number of rotatable bonds is 2. The molecular weight excluding hydrogens is 232 g/mol. The molecule has 0 aromatic heterocycles. The van der Waals surface area contributed by atoms with Crippen molar-refractivity contribution in [1.82, 2.24) is 4.90 Å². The van der Waals surface area contributed by atoms with Crippen LogP contribution in [0.4, 0.5) is 4.79 Å². The molecule has 5 nitrogen and oxygen atoms in total. The lowest BCUT2D eigenvalue weighted by Gasteiger charge is -2.33. The van der Waals surface area contributed by atoms with Crippen molar-refractivity contribution in [2.45, 2.75) is 52.2 Å². The van der Waals surface area contributed by atoms with Crippen LogP contribution in [0.3, 0.4) is 0 Å². The summed E-state index contributed by atoms with van der Waals surface area (Å²) in [5, 5.41) is 0. The molecule has 0 aliphatic carbocycles. The first-order valence-electron chi connectivity index (χ1n) is 6.45. The lowest BCUT2D eigenvalue weighted by Crippen LogP contribution is -2.47. The average molecular weight is 256 g/mol. The Morgan fingerprint density at radius 3 is 2.61 bits per heavy atom. The minimum atomic E-state index is -0.525. The number of carbonyl (C=O) groups is 2. The van der Waals surface area contributed by atoms with Crippen LogP contribution in [0.1, 0.15) is 40.5 Å². The van der Waals surface area contributed by atoms with Crippen molar-refractivity contribution in [3.8, 4) is 0 Å². The molecule has 1 aliphatic heterocycles. The number of carbonyl (C=O) groups excluding carboxylic acids is 2. The van der Waals surface area contributed by atoms with Crippen LogP contribution in [0.25, 0.3) is 0 Å². The van der Waals surface area contributed by atoms with E-state index >= 15 is 0 Å². The largest absolute Gasteiger partial charge is 0.444 e. The fourth-order valence-corrected chi connectivity index (χ4v) is 2.05. The Kier molecular flexibility index (Phi) is 4.73. The second-order valence-electron chi connectivity index (χ2n) is 6.07. The number of ketones is 1. The molecular formula is C13H24N2O3. The molecule has 5 heteroatoms. The summed E-state index contributed by atoms with van der Waals surface area (Å²) < 4.78 is 5.25. The number of Topliss-reactive ketones (excluding diaryl/α,β-unsaturated/α-hetero) is 1. The van der Waals surface area contributed by atoms with Gasteiger partial charge in [0.15, 0.2) is 5.78 Å². The van der Waals surface area contributed by atoms with E-state index in [-0.39, 0.29) is 24.3 Å². The molecule has 1 aliphatic rings. The quantitative estimate of drug-likeness (QED) is 0.813. The van der Waals surface area contributed by atoms with E-state index in [1.54, 1.807) is 0 Å². The predicted octanol–water partition coefficient (Wildman–Crippen LogP) is 1.55. The highest BCUT2D eigenvalue weighted by Gasteiger charge is 2.32. The van der Waals surface area contributed by atoms with E-state index in [0.29, 0.717) is 19.4 Å². The number of nitrogens with zero attached hydrogens (tertiary/aromatic N) is 1. The lowest BCUT2D eigenvalue weighted by atomic mass is 9.90. The van der Waals surface area contributed by atoms with Crippen molar-refractivity contribution in [2.75, 3.05) is 13.1 Å². The first-order valence-corrected chi connectivity index (χ1v) is 6.45. The van der Waals surface area contributed by atoms with Crippen LogP contribution in [0, 0.1) is 5.92 Å². The molecule has 2 N–H and O–H groups in total. The van der Waals surface area contributed by atoms with Crippen LogP contribution < -0.4 is 5.73 Å². The fourth-order valence-electron chi connectivity index (χ4n) is 2.05. The highest BCUT2D eigenvalue weighted by molar-refractivity contribution is 5.87. The van der Waals surface area contributed by atoms with Gasteiger partial charge in [-0.3, -0.25) is 4.79 Å². The maximum Gasteiger partial charge on any atom is 0.410 e. The zero-order valence-electron chi connectivity index (χ0n) is 11.7. The highest BCUT2D eigenvalue weighted by Crippen LogP contribution is 2.20. The van der Waals surface area contributed by atoms with Gasteiger partial charge in [-0.05, 0) is 40.5 Å². The summed E-state index contributed by atoms with van der Waals surface area (Å²) in [6.07, 6.45) is 0.968. The molecule has 0 aromatic carbocycles. The van der Waals surface area contributed by atoms with Crippen LogP contribution in [-0.4, -0.2) is 41.5 Å². The van der Waals surface area contributed by atoms with Crippen molar-refractivity contribution in [2.24, 2.45) is 11.7 Å². The lowest BCUT2D eigenvalue weighted by molar-refractivity contribution is -0.127. The zero-order valence-corrected chi connectivity index (χ0v) is 11.7. The Hall–Kier alpha value is -1.10. The second-order valence-corrected chi connectivity index (χ2v) is 6.07. The number of nitrogens with two attached hydrogens (primary N) is 1. The summed E-state index contributed by atoms with van der Waals surface area (Å²) in [5.41, 5.74) is 5.18. The zero-order chi connectivity index (χ0) is 13.9. The van der Waals surface area contributed by atoms with Crippen LogP contribution in [0.2, 0.25) is 0 Å². The fraction of sp³-hybridized carbons (Fsp3) is 0.846. The minimum Gasteiger partial charge on any atom is -0.444 e. The Morgan fingerprint density at radius 2 is 2.17 bits per heavy atom. The van der Waals surface area contributed by atoms with Crippen molar-refractivity contribution in [3.63, 3.8) is 0 Å². The molecule has 1 amide bonds. The number of piperidine rings is 1. The third-order valence-electron chi connectivity index (χ3n) is 2.86. The third-order valence-corrected chi connectivity index (χ3v) is 2.86. The average Bonchev–Trinajstić information content (AvgIpc) is 2.17. The van der Waals surface area contributed by atoms with E-state index in [0.717, 1.165) is 0 Å². The second kappa shape index (κ2) is 5.69. The van der Waals surface area contributed by atoms with Gasteiger partial charge in [0, 0.05) is 18.5 Å². The summed E-state index contributed by atoms with van der Waals surface area (Å²) in [7, 11) is 0. The van der Waals surface area contributed by atoms with E-state index in [1.807, 2.05) is 27.7 Å². The van der Waals surface area contributed by atoms with E-state index in [2.05, 4.69) is 0 Å². The van der Waals surface area contributed by atoms with Gasteiger partial charge < -0.3 is 15.4 Å². The molecule has 1 heterocycles. The number of ether oxygens (including phenoxy) is 1. The molecule has 1 fully saturated rings. The Balaban J connectivity index is 2.50. The van der Waals surface area contributed by atoms with Gasteiger partial charge in [-0.1, -0.05) is 0 Å². The van der Waals surface area contributed by atoms with E-state index in [4.69, 9.17) is 10.5 Å². The molecule has 1 saturated heterocycles. The van der Waals surface area contributed by atoms with E-state index < -0.39 is 11.7 Å². The van der Waals surface area contributed by atoms with Gasteiger partial charge in [-0.2, -0.15) is 0 Å². The van der Waals surface area contributed by atoms with Gasteiger partial charge in [0.05, 0.1) is 6.54 Å². The van der Waals surface area contributed by atoms with Crippen molar-refractivity contribution in [3.05, 3.63) is 0 Å². The Morgan fingerprint density at radius 1 is 1.56 bits per heavy atom. The number of likely N-dealkylation sites (tertiary alicyclic amines) is 1. The Labute approximate surface area is 109 Å². The Bertz CT molecular complexity index is 321. The van der Waals surface area contributed by atoms with Crippen molar-refractivity contribution < 1.29 is 14.3 Å². The molecule has 104 valence electrons. The summed E-state index contributed by atoms with van der Waals surface area (Å²) in [6, 6.07) is 0.0204. The first-order chi connectivity index (χ1) is 8.19. The van der Waals surface area contributed by atoms with Gasteiger partial charge in [0.2, 0.25) is 0 Å². The molecule has 1 rings (SSSR count). The van der Waals surface area contributed by atoms with Gasteiger partial charge in [0.1, 0.15) is 5.60 Å². The molecule has 0 aromatic rings. The van der Waals surface area contributed by atoms with Crippen LogP contribution in [0.15, 0.2) is 0 Å². The van der Waals surface area contributed by atoms with Crippen LogP contribution in [-0.2, 0) is 9.53 Å². The molecule has 2 unspecified atom stereocenters. The topological polar surface area (TPSA) is 72.6 Å². The smallest absolute Gasteiger partial charge is 0.410 e. The summed E-state index contributed by atoms with van der Waals surface area (Å²) in [4.78, 5) is 25.2. The number of hydrogen-bond donors (Lipinski definition) is 1. The van der Waals surface area contributed by atoms with Crippen molar-refractivity contribution in [1.29, 1.82) is 0 Å². The maximum absolute atomic E-state index is 11.9. The molecule has 0 bridgehead atoms. The molecule has 18 heavy (non-hydrogen) atoms. The summed E-state index contributed by atoms with van der Waals surface area (Å²) >= 11 is 0. The standard InChI is InChI=1S/C13H24N2O3/c1-9(14)7-10-5-6-15(8-11(10)16)12(17)18-13(2,3)4/h9-10H,5-8,14H2,1-4H3. The van der Waals surface area contributed by atoms with Crippen LogP contribution >= 0.6 is 0 Å². The normalized spacial score (nSPS) is 22.8. The summed E-state index contributed by atoms with van der Waals surface area (Å²) in [5.74, 6) is 0.0769. The first kappa shape index (κ1) is 15.0. The van der Waals surface area contributed by atoms with E-state index in [1.165, 1.54) is 4.90 Å². The molecule has 0 spiro atoms. The SMILES string of the molecule is CC(N)CC1CCN(C(=O)OC(C)(C)C)CC1=O. The van der Waals surface area contributed by atoms with Gasteiger partial charge in [-0.25, -0.2) is 4.79 Å². The number of amides is 1. The van der Waals surface area contributed by atoms with Crippen molar-refractivity contribution >= 4 is 11.9 Å². The molecule has 2 atom stereocenters. The minimum absolute atomic E-state index is 0.0105. The maximum atomic E-state index is 11.9. The van der Waals surface area contributed by atoms with E-state index in [9.17, 15) is 9.59 Å². The van der Waals surface area contributed by atoms with Gasteiger partial charge >= 0.3 is 6.09 Å². The van der Waals surface area contributed by atoms with Crippen LogP contribution in [0.5, 0.6) is 0 Å². The summed E-state index contributed by atoms with van der Waals surface area (Å²) in [6.45, 7) is 8.05. The number of hydrogen-bond acceptors (Lipinski definition) is 4. The highest BCUT2D eigenvalue weighted by atomic mass is 16.6. The predicted molar refractivity (Wildman–Crippen MR) is 69.2 cm³/mol. The molecule has 0 radical (unpaired) electrons. The van der Waals surface area contributed by atoms with Gasteiger partial charge in [0.25, 0.3) is 0 Å².